The third kappa shape index (κ3) is 4.86. The molecule has 0 unspecified atom stereocenters. The molecule has 3 aromatic carbocycles. The van der Waals surface area contributed by atoms with Gasteiger partial charge in [0.25, 0.3) is 15.9 Å². The van der Waals surface area contributed by atoms with Gasteiger partial charge in [-0.2, -0.15) is 0 Å². The lowest BCUT2D eigenvalue weighted by molar-refractivity contribution is 0.0752. The predicted molar refractivity (Wildman–Crippen MR) is 122 cm³/mol. The van der Waals surface area contributed by atoms with Crippen molar-refractivity contribution in [2.24, 2.45) is 0 Å². The molecule has 0 radical (unpaired) electrons. The van der Waals surface area contributed by atoms with Crippen molar-refractivity contribution in [1.82, 2.24) is 4.90 Å². The zero-order chi connectivity index (χ0) is 22.6. The van der Waals surface area contributed by atoms with Crippen LogP contribution in [0.3, 0.4) is 0 Å². The zero-order valence-electron chi connectivity index (χ0n) is 17.7. The highest BCUT2D eigenvalue weighted by Gasteiger charge is 2.19. The first kappa shape index (κ1) is 21.7. The number of carbonyl (C=O) groups excluding carboxylic acids is 1. The highest BCUT2D eigenvalue weighted by atomic mass is 32.2. The first-order chi connectivity index (χ1) is 15.5. The second-order valence-corrected chi connectivity index (χ2v) is 8.98. The fraction of sp³-hybridized carbons (Fsp3) is 0.208. The number of ether oxygens (including phenoxy) is 2. The maximum absolute atomic E-state index is 13.0. The Bertz CT molecular complexity index is 1190. The van der Waals surface area contributed by atoms with Crippen molar-refractivity contribution in [3.05, 3.63) is 83.9 Å². The number of hydrogen-bond donors (Lipinski definition) is 1. The Morgan fingerprint density at radius 3 is 2.31 bits per heavy atom. The number of nitrogens with one attached hydrogen (secondary N) is 1. The van der Waals surface area contributed by atoms with Crippen LogP contribution in [-0.2, 0) is 16.6 Å². The third-order valence-electron chi connectivity index (χ3n) is 5.09. The Labute approximate surface area is 187 Å². The van der Waals surface area contributed by atoms with E-state index in [0.29, 0.717) is 49.1 Å². The van der Waals surface area contributed by atoms with Crippen LogP contribution in [0.2, 0.25) is 0 Å². The van der Waals surface area contributed by atoms with E-state index in [-0.39, 0.29) is 10.8 Å². The van der Waals surface area contributed by atoms with Crippen LogP contribution in [0.25, 0.3) is 0 Å². The fourth-order valence-electron chi connectivity index (χ4n) is 3.41. The van der Waals surface area contributed by atoms with Gasteiger partial charge in [0.2, 0.25) is 0 Å². The van der Waals surface area contributed by atoms with Gasteiger partial charge in [-0.25, -0.2) is 8.42 Å². The molecule has 1 aliphatic heterocycles. The Hall–Kier alpha value is -3.52. The van der Waals surface area contributed by atoms with Crippen LogP contribution >= 0.6 is 0 Å². The highest BCUT2D eigenvalue weighted by molar-refractivity contribution is 7.92. The van der Waals surface area contributed by atoms with Crippen molar-refractivity contribution in [3.8, 4) is 11.5 Å². The lowest BCUT2D eigenvalue weighted by Gasteiger charge is -2.23. The zero-order valence-corrected chi connectivity index (χ0v) is 18.5. The average molecular weight is 453 g/mol. The van der Waals surface area contributed by atoms with Gasteiger partial charge in [-0.15, -0.1) is 0 Å². The van der Waals surface area contributed by atoms with Gasteiger partial charge in [0.1, 0.15) is 13.2 Å². The molecule has 166 valence electrons. The maximum atomic E-state index is 13.0. The van der Waals surface area contributed by atoms with Crippen LogP contribution < -0.4 is 14.2 Å². The molecule has 7 nitrogen and oxygen atoms in total. The monoisotopic (exact) mass is 452 g/mol. The van der Waals surface area contributed by atoms with Gasteiger partial charge in [-0.3, -0.25) is 9.52 Å². The van der Waals surface area contributed by atoms with E-state index >= 15 is 0 Å². The molecular weight excluding hydrogens is 428 g/mol. The van der Waals surface area contributed by atoms with E-state index in [1.807, 2.05) is 31.2 Å². The van der Waals surface area contributed by atoms with Crippen LogP contribution in [0.5, 0.6) is 11.5 Å². The first-order valence-electron chi connectivity index (χ1n) is 10.3. The van der Waals surface area contributed by atoms with Crippen molar-refractivity contribution < 1.29 is 22.7 Å². The van der Waals surface area contributed by atoms with Crippen LogP contribution in [-0.4, -0.2) is 39.0 Å². The molecule has 0 saturated carbocycles. The quantitative estimate of drug-likeness (QED) is 0.587. The van der Waals surface area contributed by atoms with E-state index in [1.165, 1.54) is 24.3 Å². The Morgan fingerprint density at radius 1 is 0.938 bits per heavy atom. The minimum atomic E-state index is -3.74. The standard InChI is InChI=1S/C24H24N2O5S/c1-2-26(17-18-8-13-22-23(16-18)31-15-14-30-22)24(27)19-9-11-21(12-10-19)32(28,29)25-20-6-4-3-5-7-20/h3-13,16,25H,2,14-15,17H2,1H3. The van der Waals surface area contributed by atoms with Crippen molar-refractivity contribution in [1.29, 1.82) is 0 Å². The molecule has 0 bridgehead atoms. The van der Waals surface area contributed by atoms with Crippen molar-refractivity contribution >= 4 is 21.6 Å². The highest BCUT2D eigenvalue weighted by Crippen LogP contribution is 2.31. The maximum Gasteiger partial charge on any atom is 0.261 e. The first-order valence-corrected chi connectivity index (χ1v) is 11.8. The summed E-state index contributed by atoms with van der Waals surface area (Å²) in [5, 5.41) is 0. The number of hydrogen-bond acceptors (Lipinski definition) is 5. The minimum Gasteiger partial charge on any atom is -0.486 e. The third-order valence-corrected chi connectivity index (χ3v) is 6.48. The summed E-state index contributed by atoms with van der Waals surface area (Å²) in [6.07, 6.45) is 0. The van der Waals surface area contributed by atoms with E-state index in [9.17, 15) is 13.2 Å². The van der Waals surface area contributed by atoms with E-state index in [4.69, 9.17) is 9.47 Å². The second kappa shape index (κ2) is 9.32. The second-order valence-electron chi connectivity index (χ2n) is 7.29. The molecule has 0 spiro atoms. The Kier molecular flexibility index (Phi) is 6.32. The number of rotatable bonds is 7. The summed E-state index contributed by atoms with van der Waals surface area (Å²) in [6, 6.07) is 20.3. The van der Waals surface area contributed by atoms with Gasteiger partial charge < -0.3 is 14.4 Å². The predicted octanol–water partition coefficient (Wildman–Crippen LogP) is 3.92. The number of benzene rings is 3. The summed E-state index contributed by atoms with van der Waals surface area (Å²) in [4.78, 5) is 14.8. The summed E-state index contributed by atoms with van der Waals surface area (Å²) >= 11 is 0. The summed E-state index contributed by atoms with van der Waals surface area (Å²) in [5.74, 6) is 1.20. The molecule has 0 aromatic heterocycles. The largest absolute Gasteiger partial charge is 0.486 e. The van der Waals surface area contributed by atoms with Gasteiger partial charge in [-0.1, -0.05) is 24.3 Å². The summed E-state index contributed by atoms with van der Waals surface area (Å²) in [6.45, 7) is 3.84. The molecule has 3 aromatic rings. The summed E-state index contributed by atoms with van der Waals surface area (Å²) < 4.78 is 38.9. The van der Waals surface area contributed by atoms with Gasteiger partial charge in [0, 0.05) is 24.3 Å². The van der Waals surface area contributed by atoms with Crippen LogP contribution in [0, 0.1) is 0 Å². The van der Waals surface area contributed by atoms with Crippen LogP contribution in [0.1, 0.15) is 22.8 Å². The van der Waals surface area contributed by atoms with Gasteiger partial charge in [-0.05, 0) is 61.0 Å². The average Bonchev–Trinajstić information content (AvgIpc) is 2.82. The molecule has 8 heteroatoms. The number of para-hydroxylation sites is 1. The number of amides is 1. The SMILES string of the molecule is CCN(Cc1ccc2c(c1)OCCO2)C(=O)c1ccc(S(=O)(=O)Nc2ccccc2)cc1. The van der Waals surface area contributed by atoms with Gasteiger partial charge in [0.05, 0.1) is 4.90 Å². The molecule has 32 heavy (non-hydrogen) atoms. The van der Waals surface area contributed by atoms with E-state index in [0.717, 1.165) is 5.56 Å². The smallest absolute Gasteiger partial charge is 0.261 e. The van der Waals surface area contributed by atoms with E-state index < -0.39 is 10.0 Å². The normalized spacial score (nSPS) is 12.8. The fourth-order valence-corrected chi connectivity index (χ4v) is 4.47. The molecule has 1 amide bonds. The van der Waals surface area contributed by atoms with E-state index in [2.05, 4.69) is 4.72 Å². The molecule has 1 N–H and O–H groups in total. The molecular formula is C24H24N2O5S. The molecule has 0 saturated heterocycles. The molecule has 0 fully saturated rings. The number of carbonyl (C=O) groups is 1. The molecule has 1 heterocycles. The topological polar surface area (TPSA) is 84.9 Å². The Morgan fingerprint density at radius 2 is 1.62 bits per heavy atom. The van der Waals surface area contributed by atoms with Gasteiger partial charge >= 0.3 is 0 Å². The van der Waals surface area contributed by atoms with Crippen LogP contribution in [0.4, 0.5) is 5.69 Å². The van der Waals surface area contributed by atoms with Crippen molar-refractivity contribution in [2.75, 3.05) is 24.5 Å². The molecule has 4 rings (SSSR count). The number of fused-ring (bicyclic) bond motifs is 1. The number of anilines is 1. The van der Waals surface area contributed by atoms with Crippen molar-refractivity contribution in [3.63, 3.8) is 0 Å². The van der Waals surface area contributed by atoms with Gasteiger partial charge in [0.15, 0.2) is 11.5 Å². The molecule has 1 aliphatic rings. The van der Waals surface area contributed by atoms with E-state index in [1.54, 1.807) is 29.2 Å². The minimum absolute atomic E-state index is 0.0905. The Balaban J connectivity index is 1.47. The van der Waals surface area contributed by atoms with Crippen molar-refractivity contribution in [2.45, 2.75) is 18.4 Å². The number of nitrogens with zero attached hydrogens (tertiary/aromatic N) is 1. The van der Waals surface area contributed by atoms with Crippen LogP contribution in [0.15, 0.2) is 77.7 Å². The summed E-state index contributed by atoms with van der Waals surface area (Å²) in [7, 11) is -3.74. The molecule has 0 aliphatic carbocycles. The summed E-state index contributed by atoms with van der Waals surface area (Å²) in [5.41, 5.74) is 1.82. The lowest BCUT2D eigenvalue weighted by atomic mass is 10.1. The number of sulfonamides is 1. The lowest BCUT2D eigenvalue weighted by Crippen LogP contribution is -2.30. The molecule has 0 atom stereocenters.